The van der Waals surface area contributed by atoms with Crippen LogP contribution in [0.4, 0.5) is 5.69 Å². The first-order valence-corrected chi connectivity index (χ1v) is 16.4. The Morgan fingerprint density at radius 3 is 2.49 bits per heavy atom. The van der Waals surface area contributed by atoms with Gasteiger partial charge in [0.2, 0.25) is 5.91 Å². The van der Waals surface area contributed by atoms with Crippen LogP contribution in [0.15, 0.2) is 71.3 Å². The zero-order valence-electron chi connectivity index (χ0n) is 26.7. The average molecular weight is 634 g/mol. The van der Waals surface area contributed by atoms with Crippen molar-refractivity contribution in [2.45, 2.75) is 56.4 Å². The van der Waals surface area contributed by atoms with Gasteiger partial charge in [-0.05, 0) is 81.3 Å². The van der Waals surface area contributed by atoms with E-state index in [-0.39, 0.29) is 23.5 Å². The van der Waals surface area contributed by atoms with E-state index in [1.165, 1.54) is 26.3 Å². The predicted octanol–water partition coefficient (Wildman–Crippen LogP) is 5.41. The number of hydrogen-bond acceptors (Lipinski definition) is 7. The first kappa shape index (κ1) is 30.6. The van der Waals surface area contributed by atoms with E-state index in [0.717, 1.165) is 35.3 Å². The molecule has 7 rings (SSSR count). The van der Waals surface area contributed by atoms with E-state index >= 15 is 0 Å². The first-order chi connectivity index (χ1) is 22.8. The molecule has 47 heavy (non-hydrogen) atoms. The van der Waals surface area contributed by atoms with Crippen LogP contribution >= 0.6 is 0 Å². The second-order valence-corrected chi connectivity index (χ2v) is 12.8. The molecule has 0 radical (unpaired) electrons. The van der Waals surface area contributed by atoms with E-state index in [4.69, 9.17) is 9.52 Å². The van der Waals surface area contributed by atoms with Crippen LogP contribution in [0.2, 0.25) is 0 Å². The van der Waals surface area contributed by atoms with Crippen molar-refractivity contribution in [1.29, 1.82) is 0 Å². The Bertz CT molecular complexity index is 1950. The maximum Gasteiger partial charge on any atom is 0.286 e. The fourth-order valence-corrected chi connectivity index (χ4v) is 6.98. The Kier molecular flexibility index (Phi) is 8.23. The number of nitrogens with zero attached hydrogens (tertiary/aromatic N) is 4. The minimum atomic E-state index is -1.11. The third kappa shape index (κ3) is 5.98. The molecule has 0 bridgehead atoms. The largest absolute Gasteiger partial charge is 0.451 e. The van der Waals surface area contributed by atoms with Gasteiger partial charge >= 0.3 is 0 Å². The summed E-state index contributed by atoms with van der Waals surface area (Å²) in [4.78, 5) is 46.7. The SMILES string of the molecule is CNC(=O)c1cc2cc(NC(=O)C3(NC(=O)c4ccc5c(C6CCCCC6)n(-c6ccccn6)nc5c4)CCN(C)CC3)ccc2o1. The molecular formula is C36H39N7O4. The number of hydrogen-bond donors (Lipinski definition) is 3. The van der Waals surface area contributed by atoms with Crippen LogP contribution in [-0.4, -0.2) is 70.1 Å². The second kappa shape index (κ2) is 12.6. The smallest absolute Gasteiger partial charge is 0.286 e. The Hall–Kier alpha value is -5.03. The number of piperidine rings is 1. The van der Waals surface area contributed by atoms with Crippen molar-refractivity contribution in [3.05, 3.63) is 83.9 Å². The maximum absolute atomic E-state index is 14.0. The van der Waals surface area contributed by atoms with E-state index in [9.17, 15) is 14.4 Å². The van der Waals surface area contributed by atoms with Gasteiger partial charge in [0, 0.05) is 54.3 Å². The highest BCUT2D eigenvalue weighted by Gasteiger charge is 2.42. The number of carbonyl (C=O) groups is 3. The fourth-order valence-electron chi connectivity index (χ4n) is 6.98. The molecule has 3 aromatic heterocycles. The van der Waals surface area contributed by atoms with E-state index < -0.39 is 5.54 Å². The number of nitrogens with one attached hydrogen (secondary N) is 3. The molecule has 11 nitrogen and oxygen atoms in total. The van der Waals surface area contributed by atoms with Gasteiger partial charge in [0.25, 0.3) is 11.8 Å². The van der Waals surface area contributed by atoms with Gasteiger partial charge in [-0.3, -0.25) is 14.4 Å². The first-order valence-electron chi connectivity index (χ1n) is 16.4. The van der Waals surface area contributed by atoms with Crippen molar-refractivity contribution < 1.29 is 18.8 Å². The third-order valence-corrected chi connectivity index (χ3v) is 9.68. The Labute approximate surface area is 272 Å². The maximum atomic E-state index is 14.0. The minimum absolute atomic E-state index is 0.192. The lowest BCUT2D eigenvalue weighted by molar-refractivity contribution is -0.123. The molecule has 1 aliphatic heterocycles. The average Bonchev–Trinajstić information content (AvgIpc) is 3.71. The van der Waals surface area contributed by atoms with Crippen LogP contribution in [-0.2, 0) is 4.79 Å². The van der Waals surface area contributed by atoms with Crippen LogP contribution in [0.5, 0.6) is 0 Å². The monoisotopic (exact) mass is 633 g/mol. The highest BCUT2D eigenvalue weighted by atomic mass is 16.3. The quantitative estimate of drug-likeness (QED) is 0.218. The van der Waals surface area contributed by atoms with Crippen molar-refractivity contribution in [2.75, 3.05) is 32.5 Å². The lowest BCUT2D eigenvalue weighted by atomic mass is 9.85. The molecule has 5 aromatic rings. The normalized spacial score (nSPS) is 17.1. The number of likely N-dealkylation sites (tertiary alicyclic amines) is 1. The molecule has 242 valence electrons. The number of amides is 3. The standard InChI is InChI=1S/C36H39N7O4/c1-37-34(45)30-22-25-20-26(12-14-29(25)47-30)39-35(46)36(15-18-42(2)19-16-36)40-33(44)24-11-13-27-28(21-24)41-43(31-10-6-7-17-38-31)32(27)23-8-4-3-5-9-23/h6-7,10-14,17,20-23H,3-5,8-9,15-16,18-19H2,1-2H3,(H,37,45)(H,39,46)(H,40,44). The van der Waals surface area contributed by atoms with Gasteiger partial charge in [0.15, 0.2) is 11.6 Å². The molecule has 1 saturated carbocycles. The molecule has 2 fully saturated rings. The molecule has 0 unspecified atom stereocenters. The Morgan fingerprint density at radius 2 is 1.74 bits per heavy atom. The summed E-state index contributed by atoms with van der Waals surface area (Å²) in [6, 6.07) is 18.3. The van der Waals surface area contributed by atoms with Crippen molar-refractivity contribution in [2.24, 2.45) is 0 Å². The molecule has 3 N–H and O–H groups in total. The van der Waals surface area contributed by atoms with Gasteiger partial charge in [-0.15, -0.1) is 0 Å². The number of pyridine rings is 1. The summed E-state index contributed by atoms with van der Waals surface area (Å²) in [5, 5.41) is 15.4. The van der Waals surface area contributed by atoms with Crippen LogP contribution < -0.4 is 16.0 Å². The number of carbonyl (C=O) groups excluding carboxylic acids is 3. The summed E-state index contributed by atoms with van der Waals surface area (Å²) < 4.78 is 7.58. The van der Waals surface area contributed by atoms with Crippen molar-refractivity contribution in [1.82, 2.24) is 30.3 Å². The fraction of sp³-hybridized carbons (Fsp3) is 0.361. The highest BCUT2D eigenvalue weighted by molar-refractivity contribution is 6.06. The van der Waals surface area contributed by atoms with Crippen LogP contribution in [0.3, 0.4) is 0 Å². The van der Waals surface area contributed by atoms with Gasteiger partial charge in [0.1, 0.15) is 11.1 Å². The van der Waals surface area contributed by atoms with Crippen LogP contribution in [0, 0.1) is 0 Å². The van der Waals surface area contributed by atoms with Gasteiger partial charge in [-0.1, -0.05) is 31.4 Å². The molecule has 4 heterocycles. The summed E-state index contributed by atoms with van der Waals surface area (Å²) in [6.07, 6.45) is 8.51. The number of anilines is 1. The molecule has 3 amide bonds. The van der Waals surface area contributed by atoms with Crippen molar-refractivity contribution >= 4 is 45.3 Å². The summed E-state index contributed by atoms with van der Waals surface area (Å²) in [5.74, 6) is 0.394. The number of fused-ring (bicyclic) bond motifs is 2. The molecule has 1 aliphatic carbocycles. The highest BCUT2D eigenvalue weighted by Crippen LogP contribution is 2.38. The molecule has 1 saturated heterocycles. The van der Waals surface area contributed by atoms with Crippen LogP contribution in [0.25, 0.3) is 27.7 Å². The summed E-state index contributed by atoms with van der Waals surface area (Å²) >= 11 is 0. The van der Waals surface area contributed by atoms with Gasteiger partial charge in [0.05, 0.1) is 11.2 Å². The zero-order chi connectivity index (χ0) is 32.5. The van der Waals surface area contributed by atoms with Crippen LogP contribution in [0.1, 0.15) is 77.5 Å². The molecule has 11 heteroatoms. The van der Waals surface area contributed by atoms with E-state index in [2.05, 4.69) is 25.8 Å². The number of rotatable bonds is 7. The summed E-state index contributed by atoms with van der Waals surface area (Å²) in [5.41, 5.74) is 2.31. The Morgan fingerprint density at radius 1 is 0.936 bits per heavy atom. The van der Waals surface area contributed by atoms with Gasteiger partial charge in [-0.25, -0.2) is 9.67 Å². The lowest BCUT2D eigenvalue weighted by Crippen LogP contribution is -2.61. The number of furan rings is 1. The van der Waals surface area contributed by atoms with Gasteiger partial charge < -0.3 is 25.3 Å². The van der Waals surface area contributed by atoms with Crippen molar-refractivity contribution in [3.63, 3.8) is 0 Å². The number of aromatic nitrogens is 3. The van der Waals surface area contributed by atoms with Crippen molar-refractivity contribution in [3.8, 4) is 5.82 Å². The predicted molar refractivity (Wildman–Crippen MR) is 180 cm³/mol. The number of benzene rings is 2. The summed E-state index contributed by atoms with van der Waals surface area (Å²) in [6.45, 7) is 1.31. The van der Waals surface area contributed by atoms with E-state index in [1.807, 2.05) is 48.1 Å². The topological polar surface area (TPSA) is 134 Å². The third-order valence-electron chi connectivity index (χ3n) is 9.68. The molecule has 0 spiro atoms. The molecule has 0 atom stereocenters. The molecular weight excluding hydrogens is 594 g/mol. The van der Waals surface area contributed by atoms with E-state index in [0.29, 0.717) is 54.1 Å². The van der Waals surface area contributed by atoms with Gasteiger partial charge in [-0.2, -0.15) is 5.10 Å². The second-order valence-electron chi connectivity index (χ2n) is 12.8. The minimum Gasteiger partial charge on any atom is -0.451 e. The molecule has 2 aromatic carbocycles. The zero-order valence-corrected chi connectivity index (χ0v) is 26.7. The lowest BCUT2D eigenvalue weighted by Gasteiger charge is -2.40. The molecule has 2 aliphatic rings. The summed E-state index contributed by atoms with van der Waals surface area (Å²) in [7, 11) is 3.55. The Balaban J connectivity index is 1.17. The van der Waals surface area contributed by atoms with E-state index in [1.54, 1.807) is 30.5 Å².